The molecule has 0 radical (unpaired) electrons. The predicted molar refractivity (Wildman–Crippen MR) is 97.8 cm³/mol. The molecule has 0 spiro atoms. The van der Waals surface area contributed by atoms with E-state index in [0.717, 1.165) is 0 Å². The molecule has 2 aromatic carbocycles. The van der Waals surface area contributed by atoms with Gasteiger partial charge in [-0.1, -0.05) is 17.7 Å². The van der Waals surface area contributed by atoms with Gasteiger partial charge in [-0.2, -0.15) is 0 Å². The molecule has 132 valence electrons. The summed E-state index contributed by atoms with van der Waals surface area (Å²) in [6, 6.07) is 13.3. The number of ether oxygens (including phenoxy) is 1. The Morgan fingerprint density at radius 3 is 2.24 bits per heavy atom. The summed E-state index contributed by atoms with van der Waals surface area (Å²) in [5.74, 6) is -0.143. The highest BCUT2D eigenvalue weighted by atomic mass is 35.5. The number of benzene rings is 2. The van der Waals surface area contributed by atoms with E-state index in [1.165, 1.54) is 12.1 Å². The zero-order valence-corrected chi connectivity index (χ0v) is 15.4. The Hall–Kier alpha value is -2.53. The zero-order valence-electron chi connectivity index (χ0n) is 14.7. The highest BCUT2D eigenvalue weighted by Gasteiger charge is 2.29. The van der Waals surface area contributed by atoms with Gasteiger partial charge in [-0.3, -0.25) is 15.0 Å². The van der Waals surface area contributed by atoms with Crippen molar-refractivity contribution in [2.75, 3.05) is 7.11 Å². The summed E-state index contributed by atoms with van der Waals surface area (Å²) in [5, 5.41) is 1.86. The molecular formula is C19H21ClN2O3. The Balaban J connectivity index is 2.27. The third kappa shape index (κ3) is 4.73. The number of nitrogens with zero attached hydrogens (tertiary/aromatic N) is 1. The second-order valence-electron chi connectivity index (χ2n) is 6.49. The maximum atomic E-state index is 12.8. The number of carbonyl (C=O) groups is 2. The molecule has 2 amide bonds. The molecule has 5 nitrogen and oxygen atoms in total. The van der Waals surface area contributed by atoms with Crippen LogP contribution in [0.4, 0.5) is 0 Å². The Morgan fingerprint density at radius 1 is 1.04 bits per heavy atom. The van der Waals surface area contributed by atoms with Crippen LogP contribution in [0.25, 0.3) is 0 Å². The molecule has 2 rings (SSSR count). The smallest absolute Gasteiger partial charge is 0.272 e. The molecule has 0 saturated carbocycles. The van der Waals surface area contributed by atoms with E-state index < -0.39 is 11.4 Å². The number of methoxy groups -OCH3 is 1. The Bertz CT molecular complexity index is 767. The average molecular weight is 361 g/mol. The fraction of sp³-hybridized carbons (Fsp3) is 0.263. The standard InChI is InChI=1S/C19H21ClN2O3/c1-19(2,3)22(18(24)13-8-10-15(20)11-9-13)21-17(23)14-6-5-7-16(12-14)25-4/h5-12H,1-4H3,(H,21,23). The van der Waals surface area contributed by atoms with Crippen molar-refractivity contribution in [2.45, 2.75) is 26.3 Å². The first-order valence-electron chi connectivity index (χ1n) is 7.77. The highest BCUT2D eigenvalue weighted by molar-refractivity contribution is 6.30. The van der Waals surface area contributed by atoms with Crippen molar-refractivity contribution in [3.05, 3.63) is 64.7 Å². The molecule has 0 fully saturated rings. The maximum absolute atomic E-state index is 12.8. The molecule has 0 aliphatic heterocycles. The van der Waals surface area contributed by atoms with E-state index in [1.54, 1.807) is 48.5 Å². The summed E-state index contributed by atoms with van der Waals surface area (Å²) in [6.45, 7) is 5.52. The van der Waals surface area contributed by atoms with Crippen molar-refractivity contribution in [1.29, 1.82) is 0 Å². The second kappa shape index (κ2) is 7.57. The van der Waals surface area contributed by atoms with Crippen LogP contribution in [0.1, 0.15) is 41.5 Å². The lowest BCUT2D eigenvalue weighted by Crippen LogP contribution is -2.55. The van der Waals surface area contributed by atoms with E-state index in [2.05, 4.69) is 5.43 Å². The van der Waals surface area contributed by atoms with Crippen molar-refractivity contribution in [1.82, 2.24) is 10.4 Å². The molecule has 0 atom stereocenters. The summed E-state index contributed by atoms with van der Waals surface area (Å²) in [6.07, 6.45) is 0. The number of amides is 2. The number of nitrogens with one attached hydrogen (secondary N) is 1. The molecule has 0 aromatic heterocycles. The Morgan fingerprint density at radius 2 is 1.68 bits per heavy atom. The normalized spacial score (nSPS) is 10.9. The van der Waals surface area contributed by atoms with Gasteiger partial charge < -0.3 is 4.74 Å². The van der Waals surface area contributed by atoms with Crippen molar-refractivity contribution in [2.24, 2.45) is 0 Å². The fourth-order valence-corrected chi connectivity index (χ4v) is 2.30. The van der Waals surface area contributed by atoms with Crippen LogP contribution >= 0.6 is 11.6 Å². The van der Waals surface area contributed by atoms with E-state index >= 15 is 0 Å². The van der Waals surface area contributed by atoms with Crippen LogP contribution < -0.4 is 10.2 Å². The van der Waals surface area contributed by atoms with E-state index in [-0.39, 0.29) is 5.91 Å². The highest BCUT2D eigenvalue weighted by Crippen LogP contribution is 2.18. The zero-order chi connectivity index (χ0) is 18.6. The molecule has 0 aliphatic carbocycles. The van der Waals surface area contributed by atoms with Crippen LogP contribution in [0.5, 0.6) is 5.75 Å². The van der Waals surface area contributed by atoms with E-state index in [1.807, 2.05) is 20.8 Å². The first kappa shape index (κ1) is 18.8. The molecule has 0 bridgehead atoms. The number of carbonyl (C=O) groups excluding carboxylic acids is 2. The molecular weight excluding hydrogens is 340 g/mol. The van der Waals surface area contributed by atoms with E-state index in [0.29, 0.717) is 21.9 Å². The van der Waals surface area contributed by atoms with Gasteiger partial charge in [0.2, 0.25) is 0 Å². The molecule has 0 heterocycles. The maximum Gasteiger partial charge on any atom is 0.272 e. The van der Waals surface area contributed by atoms with Crippen LogP contribution in [0, 0.1) is 0 Å². The largest absolute Gasteiger partial charge is 0.497 e. The van der Waals surface area contributed by atoms with Gasteiger partial charge in [0.05, 0.1) is 12.6 Å². The molecule has 1 N–H and O–H groups in total. The monoisotopic (exact) mass is 360 g/mol. The van der Waals surface area contributed by atoms with Crippen LogP contribution in [0.15, 0.2) is 48.5 Å². The van der Waals surface area contributed by atoms with Crippen molar-refractivity contribution in [3.63, 3.8) is 0 Å². The van der Waals surface area contributed by atoms with Crippen LogP contribution in [0.2, 0.25) is 5.02 Å². The summed E-state index contributed by atoms with van der Waals surface area (Å²) in [4.78, 5) is 25.4. The fourth-order valence-electron chi connectivity index (χ4n) is 2.18. The minimum Gasteiger partial charge on any atom is -0.497 e. The number of hydrazine groups is 1. The lowest BCUT2D eigenvalue weighted by Gasteiger charge is -2.35. The van der Waals surface area contributed by atoms with Gasteiger partial charge in [0, 0.05) is 16.1 Å². The van der Waals surface area contributed by atoms with E-state index in [4.69, 9.17) is 16.3 Å². The predicted octanol–water partition coefficient (Wildman–Crippen LogP) is 3.93. The molecule has 25 heavy (non-hydrogen) atoms. The summed E-state index contributed by atoms with van der Waals surface area (Å²) in [7, 11) is 1.53. The number of hydrogen-bond donors (Lipinski definition) is 1. The average Bonchev–Trinajstić information content (AvgIpc) is 2.58. The third-order valence-corrected chi connectivity index (χ3v) is 3.76. The van der Waals surface area contributed by atoms with Gasteiger partial charge in [-0.25, -0.2) is 5.01 Å². The summed E-state index contributed by atoms with van der Waals surface area (Å²) >= 11 is 5.87. The molecule has 6 heteroatoms. The quantitative estimate of drug-likeness (QED) is 0.843. The number of rotatable bonds is 3. The van der Waals surface area contributed by atoms with Gasteiger partial charge in [-0.15, -0.1) is 0 Å². The lowest BCUT2D eigenvalue weighted by molar-refractivity contribution is 0.0358. The molecule has 0 saturated heterocycles. The van der Waals surface area contributed by atoms with Crippen molar-refractivity contribution < 1.29 is 14.3 Å². The third-order valence-electron chi connectivity index (χ3n) is 3.51. The van der Waals surface area contributed by atoms with Gasteiger partial charge in [0.1, 0.15) is 5.75 Å². The Labute approximate surface area is 152 Å². The lowest BCUT2D eigenvalue weighted by atomic mass is 10.1. The van der Waals surface area contributed by atoms with Crippen LogP contribution in [0.3, 0.4) is 0 Å². The molecule has 0 unspecified atom stereocenters. The minimum absolute atomic E-state index is 0.319. The van der Waals surface area contributed by atoms with Crippen LogP contribution in [-0.4, -0.2) is 29.5 Å². The topological polar surface area (TPSA) is 58.6 Å². The van der Waals surface area contributed by atoms with Gasteiger partial charge >= 0.3 is 0 Å². The van der Waals surface area contributed by atoms with Gasteiger partial charge in [0.15, 0.2) is 0 Å². The number of halogens is 1. The van der Waals surface area contributed by atoms with E-state index in [9.17, 15) is 9.59 Å². The summed E-state index contributed by atoms with van der Waals surface area (Å²) in [5.41, 5.74) is 2.91. The van der Waals surface area contributed by atoms with Gasteiger partial charge in [0.25, 0.3) is 11.8 Å². The molecule has 2 aromatic rings. The minimum atomic E-state index is -0.620. The number of hydrogen-bond acceptors (Lipinski definition) is 3. The van der Waals surface area contributed by atoms with Crippen molar-refractivity contribution in [3.8, 4) is 5.75 Å². The SMILES string of the molecule is COc1cccc(C(=O)NN(C(=O)c2ccc(Cl)cc2)C(C)(C)C)c1. The Kier molecular flexibility index (Phi) is 5.69. The van der Waals surface area contributed by atoms with Crippen LogP contribution in [-0.2, 0) is 0 Å². The summed E-state index contributed by atoms with van der Waals surface area (Å²) < 4.78 is 5.13. The van der Waals surface area contributed by atoms with Gasteiger partial charge in [-0.05, 0) is 63.2 Å². The second-order valence-corrected chi connectivity index (χ2v) is 6.93. The first-order chi connectivity index (χ1) is 11.7. The first-order valence-corrected chi connectivity index (χ1v) is 8.15. The van der Waals surface area contributed by atoms with Crippen molar-refractivity contribution >= 4 is 23.4 Å². The molecule has 0 aliphatic rings.